The fraction of sp³-hybridized carbons (Fsp3) is 0.250. The monoisotopic (exact) mass is 316 g/mol. The Balaban J connectivity index is 1.86. The first kappa shape index (κ1) is 14.2. The van der Waals surface area contributed by atoms with Crippen LogP contribution in [-0.4, -0.2) is 9.55 Å². The minimum Gasteiger partial charge on any atom is -0.323 e. The van der Waals surface area contributed by atoms with Crippen LogP contribution >= 0.6 is 23.6 Å². The Morgan fingerprint density at radius 1 is 1.29 bits per heavy atom. The third-order valence-corrected chi connectivity index (χ3v) is 4.91. The molecule has 1 aromatic carbocycles. The van der Waals surface area contributed by atoms with Crippen molar-refractivity contribution in [2.45, 2.75) is 25.8 Å². The molecule has 21 heavy (non-hydrogen) atoms. The van der Waals surface area contributed by atoms with Crippen molar-refractivity contribution in [2.75, 3.05) is 0 Å². The van der Waals surface area contributed by atoms with Crippen LogP contribution in [0.25, 0.3) is 10.2 Å². The second-order valence-electron chi connectivity index (χ2n) is 5.15. The van der Waals surface area contributed by atoms with Crippen LogP contribution in [0.3, 0.4) is 0 Å². The number of nitrogens with one attached hydrogen (secondary N) is 1. The number of rotatable bonds is 4. The number of aromatic nitrogens is 2. The molecule has 1 N–H and O–H groups in total. The first-order valence-electron chi connectivity index (χ1n) is 6.92. The molecule has 3 rings (SSSR count). The summed E-state index contributed by atoms with van der Waals surface area (Å²) in [5.74, 6) is 0.394. The molecule has 2 aromatic heterocycles. The molecule has 3 aromatic rings. The van der Waals surface area contributed by atoms with Crippen molar-refractivity contribution in [1.82, 2.24) is 9.55 Å². The van der Waals surface area contributed by atoms with Gasteiger partial charge in [0.05, 0.1) is 5.39 Å². The molecule has 108 valence electrons. The number of hydrogen-bond acceptors (Lipinski definition) is 3. The second kappa shape index (κ2) is 5.95. The quantitative estimate of drug-likeness (QED) is 0.728. The van der Waals surface area contributed by atoms with E-state index in [9.17, 15) is 4.79 Å². The van der Waals surface area contributed by atoms with Crippen molar-refractivity contribution in [3.8, 4) is 0 Å². The number of hydrogen-bond donors (Lipinski definition) is 1. The van der Waals surface area contributed by atoms with Gasteiger partial charge in [-0.2, -0.15) is 0 Å². The van der Waals surface area contributed by atoms with E-state index in [1.54, 1.807) is 4.57 Å². The number of H-pyrrole nitrogens is 1. The molecule has 1 atom stereocenters. The molecule has 0 aliphatic rings. The van der Waals surface area contributed by atoms with Crippen molar-refractivity contribution < 1.29 is 0 Å². The maximum atomic E-state index is 12.4. The Morgan fingerprint density at radius 2 is 2.05 bits per heavy atom. The van der Waals surface area contributed by atoms with Gasteiger partial charge >= 0.3 is 0 Å². The summed E-state index contributed by atoms with van der Waals surface area (Å²) in [4.78, 5) is 16.4. The van der Waals surface area contributed by atoms with E-state index in [-0.39, 0.29) is 5.56 Å². The van der Waals surface area contributed by atoms with Crippen LogP contribution in [0.2, 0.25) is 0 Å². The molecule has 0 saturated heterocycles. The highest BCUT2D eigenvalue weighted by Gasteiger charge is 2.09. The average molecular weight is 316 g/mol. The molecule has 0 spiro atoms. The van der Waals surface area contributed by atoms with Gasteiger partial charge in [-0.15, -0.1) is 11.3 Å². The Hall–Kier alpha value is -1.72. The number of nitrogens with zero attached hydrogens (tertiary/aromatic N) is 1. The van der Waals surface area contributed by atoms with Gasteiger partial charge in [0.15, 0.2) is 4.77 Å². The Kier molecular flexibility index (Phi) is 4.03. The highest BCUT2D eigenvalue weighted by molar-refractivity contribution is 7.71. The predicted molar refractivity (Wildman–Crippen MR) is 90.7 cm³/mol. The Labute approximate surface area is 131 Å². The maximum absolute atomic E-state index is 12.4. The molecule has 0 aliphatic carbocycles. The van der Waals surface area contributed by atoms with Gasteiger partial charge in [-0.1, -0.05) is 37.3 Å². The largest absolute Gasteiger partial charge is 0.323 e. The second-order valence-corrected chi connectivity index (χ2v) is 6.45. The van der Waals surface area contributed by atoms with E-state index < -0.39 is 0 Å². The van der Waals surface area contributed by atoms with E-state index in [4.69, 9.17) is 12.2 Å². The third kappa shape index (κ3) is 2.84. The molecule has 0 bridgehead atoms. The van der Waals surface area contributed by atoms with E-state index >= 15 is 0 Å². The van der Waals surface area contributed by atoms with Crippen LogP contribution in [0.4, 0.5) is 0 Å². The molecular formula is C16H16N2OS2. The summed E-state index contributed by atoms with van der Waals surface area (Å²) in [6, 6.07) is 12.2. The van der Waals surface area contributed by atoms with E-state index in [1.165, 1.54) is 16.9 Å². The molecule has 0 fully saturated rings. The van der Waals surface area contributed by atoms with Gasteiger partial charge < -0.3 is 4.98 Å². The highest BCUT2D eigenvalue weighted by Crippen LogP contribution is 2.19. The van der Waals surface area contributed by atoms with Crippen LogP contribution < -0.4 is 5.56 Å². The first-order valence-corrected chi connectivity index (χ1v) is 8.21. The van der Waals surface area contributed by atoms with Gasteiger partial charge in [0.2, 0.25) is 0 Å². The van der Waals surface area contributed by atoms with Crippen molar-refractivity contribution >= 4 is 33.8 Å². The van der Waals surface area contributed by atoms with Gasteiger partial charge in [-0.05, 0) is 41.6 Å². The highest BCUT2D eigenvalue weighted by atomic mass is 32.1. The van der Waals surface area contributed by atoms with Crippen molar-refractivity contribution in [1.29, 1.82) is 0 Å². The predicted octanol–water partition coefficient (Wildman–Crippen LogP) is 4.31. The van der Waals surface area contributed by atoms with E-state index in [0.29, 0.717) is 17.2 Å². The lowest BCUT2D eigenvalue weighted by Crippen LogP contribution is -2.22. The smallest absolute Gasteiger partial charge is 0.263 e. The summed E-state index contributed by atoms with van der Waals surface area (Å²) < 4.78 is 2.18. The molecule has 3 nitrogen and oxygen atoms in total. The van der Waals surface area contributed by atoms with Crippen LogP contribution in [0.15, 0.2) is 46.6 Å². The number of fused-ring (bicyclic) bond motifs is 1. The Bertz CT molecular complexity index is 861. The average Bonchev–Trinajstić information content (AvgIpc) is 2.96. The molecular weight excluding hydrogens is 300 g/mol. The zero-order valence-electron chi connectivity index (χ0n) is 11.7. The van der Waals surface area contributed by atoms with Crippen LogP contribution in [-0.2, 0) is 6.54 Å². The Morgan fingerprint density at radius 3 is 2.81 bits per heavy atom. The molecule has 0 amide bonds. The van der Waals surface area contributed by atoms with Gasteiger partial charge in [-0.3, -0.25) is 9.36 Å². The summed E-state index contributed by atoms with van der Waals surface area (Å²) in [7, 11) is 0. The normalized spacial score (nSPS) is 12.6. The summed E-state index contributed by atoms with van der Waals surface area (Å²) in [6.45, 7) is 2.81. The summed E-state index contributed by atoms with van der Waals surface area (Å²) in [6.07, 6.45) is 0.886. The first-order chi connectivity index (χ1) is 10.2. The number of benzene rings is 1. The molecule has 5 heteroatoms. The lowest BCUT2D eigenvalue weighted by Gasteiger charge is -2.13. The minimum absolute atomic E-state index is 0.00950. The van der Waals surface area contributed by atoms with E-state index in [1.807, 2.05) is 29.6 Å². The van der Waals surface area contributed by atoms with E-state index in [2.05, 4.69) is 24.0 Å². The summed E-state index contributed by atoms with van der Waals surface area (Å²) in [5.41, 5.74) is 1.30. The van der Waals surface area contributed by atoms with Crippen molar-refractivity contribution in [3.63, 3.8) is 0 Å². The van der Waals surface area contributed by atoms with Gasteiger partial charge in [-0.25, -0.2) is 0 Å². The van der Waals surface area contributed by atoms with Gasteiger partial charge in [0.1, 0.15) is 4.83 Å². The van der Waals surface area contributed by atoms with Gasteiger partial charge in [0, 0.05) is 6.54 Å². The molecule has 0 radical (unpaired) electrons. The van der Waals surface area contributed by atoms with Gasteiger partial charge in [0.25, 0.3) is 5.56 Å². The molecule has 0 saturated carbocycles. The van der Waals surface area contributed by atoms with Crippen LogP contribution in [0.1, 0.15) is 24.8 Å². The lowest BCUT2D eigenvalue weighted by atomic mass is 9.98. The molecule has 2 heterocycles. The summed E-state index contributed by atoms with van der Waals surface area (Å²) in [5, 5.41) is 2.63. The maximum Gasteiger partial charge on any atom is 0.263 e. The summed E-state index contributed by atoms with van der Waals surface area (Å²) >= 11 is 6.83. The fourth-order valence-electron chi connectivity index (χ4n) is 2.45. The topological polar surface area (TPSA) is 37.8 Å². The number of aromatic amines is 1. The van der Waals surface area contributed by atoms with E-state index in [0.717, 1.165) is 16.6 Å². The molecule has 1 unspecified atom stereocenters. The van der Waals surface area contributed by atoms with Crippen LogP contribution in [0, 0.1) is 4.77 Å². The van der Waals surface area contributed by atoms with Crippen molar-refractivity contribution in [2.24, 2.45) is 0 Å². The van der Waals surface area contributed by atoms with Crippen LogP contribution in [0.5, 0.6) is 0 Å². The zero-order chi connectivity index (χ0) is 14.8. The zero-order valence-corrected chi connectivity index (χ0v) is 13.3. The standard InChI is InChI=1S/C16H16N2OS2/c1-11(12-5-3-2-4-6-12)7-9-18-15(19)13-8-10-21-14(13)17-16(18)20/h2-6,8,10-11H,7,9H2,1H3,(H,17,20). The number of thiophene rings is 1. The SMILES string of the molecule is CC(CCn1c(=S)[nH]c2sccc2c1=O)c1ccccc1. The third-order valence-electron chi connectivity index (χ3n) is 3.76. The minimum atomic E-state index is 0.00950. The molecule has 0 aliphatic heterocycles. The fourth-order valence-corrected chi connectivity index (χ4v) is 3.57. The lowest BCUT2D eigenvalue weighted by molar-refractivity contribution is 0.555. The van der Waals surface area contributed by atoms with Crippen molar-refractivity contribution in [3.05, 3.63) is 62.5 Å².